The van der Waals surface area contributed by atoms with Crippen LogP contribution in [0.25, 0.3) is 11.4 Å². The lowest BCUT2D eigenvalue weighted by Crippen LogP contribution is -2.30. The summed E-state index contributed by atoms with van der Waals surface area (Å²) in [5.41, 5.74) is 1.000. The lowest BCUT2D eigenvalue weighted by molar-refractivity contribution is 0.338. The van der Waals surface area contributed by atoms with E-state index < -0.39 is 0 Å². The number of rotatable bonds is 4. The minimum atomic E-state index is 0.372. The maximum absolute atomic E-state index is 5.54. The van der Waals surface area contributed by atoms with Gasteiger partial charge in [-0.05, 0) is 55.4 Å². The van der Waals surface area contributed by atoms with Gasteiger partial charge in [-0.1, -0.05) is 12.1 Å². The molecule has 20 heavy (non-hydrogen) atoms. The molecule has 1 aliphatic rings. The van der Waals surface area contributed by atoms with Crippen molar-refractivity contribution in [3.05, 3.63) is 24.3 Å². The van der Waals surface area contributed by atoms with E-state index in [9.17, 15) is 0 Å². The number of piperidine rings is 1. The van der Waals surface area contributed by atoms with E-state index in [4.69, 9.17) is 4.74 Å². The number of nitrogens with zero attached hydrogens (tertiary/aromatic N) is 4. The summed E-state index contributed by atoms with van der Waals surface area (Å²) < 4.78 is 7.49. The van der Waals surface area contributed by atoms with E-state index in [0.717, 1.165) is 43.1 Å². The zero-order valence-corrected chi connectivity index (χ0v) is 11.6. The smallest absolute Gasteiger partial charge is 0.182 e. The first-order chi connectivity index (χ1) is 9.88. The summed E-state index contributed by atoms with van der Waals surface area (Å²) >= 11 is 0. The Kier molecular flexibility index (Phi) is 3.92. The molecule has 1 aromatic heterocycles. The minimum absolute atomic E-state index is 0.372. The molecule has 2 heterocycles. The molecular weight excluding hydrogens is 254 g/mol. The van der Waals surface area contributed by atoms with E-state index in [1.54, 1.807) is 0 Å². The van der Waals surface area contributed by atoms with Crippen LogP contribution in [0.4, 0.5) is 0 Å². The molecule has 0 spiro atoms. The molecule has 0 unspecified atom stereocenters. The molecule has 0 radical (unpaired) electrons. The summed E-state index contributed by atoms with van der Waals surface area (Å²) in [5, 5.41) is 15.6. The van der Waals surface area contributed by atoms with Crippen molar-refractivity contribution >= 4 is 0 Å². The summed E-state index contributed by atoms with van der Waals surface area (Å²) in [6.45, 7) is 4.67. The van der Waals surface area contributed by atoms with Crippen molar-refractivity contribution in [2.24, 2.45) is 0 Å². The number of aromatic nitrogens is 4. The van der Waals surface area contributed by atoms with Gasteiger partial charge in [0.15, 0.2) is 5.82 Å². The van der Waals surface area contributed by atoms with E-state index in [1.807, 2.05) is 35.9 Å². The molecule has 2 aromatic rings. The van der Waals surface area contributed by atoms with Gasteiger partial charge in [-0.15, -0.1) is 5.10 Å². The maximum atomic E-state index is 5.54. The van der Waals surface area contributed by atoms with Crippen LogP contribution in [0.2, 0.25) is 0 Å². The average Bonchev–Trinajstić information content (AvgIpc) is 2.98. The van der Waals surface area contributed by atoms with Crippen molar-refractivity contribution in [2.75, 3.05) is 19.7 Å². The SMILES string of the molecule is CCOc1cccc(-c2nnnn2C2CCNCC2)c1. The van der Waals surface area contributed by atoms with Gasteiger partial charge in [-0.3, -0.25) is 0 Å². The highest BCUT2D eigenvalue weighted by Gasteiger charge is 2.20. The van der Waals surface area contributed by atoms with Gasteiger partial charge in [-0.25, -0.2) is 4.68 Å². The van der Waals surface area contributed by atoms with Crippen molar-refractivity contribution in [2.45, 2.75) is 25.8 Å². The predicted octanol–water partition coefficient (Wildman–Crippen LogP) is 1.66. The van der Waals surface area contributed by atoms with Crippen LogP contribution < -0.4 is 10.1 Å². The van der Waals surface area contributed by atoms with Gasteiger partial charge in [0.05, 0.1) is 12.6 Å². The molecule has 1 aliphatic heterocycles. The van der Waals surface area contributed by atoms with Crippen molar-refractivity contribution in [3.63, 3.8) is 0 Å². The largest absolute Gasteiger partial charge is 0.494 e. The Morgan fingerprint density at radius 2 is 2.20 bits per heavy atom. The number of benzene rings is 1. The van der Waals surface area contributed by atoms with Crippen LogP contribution in [0.15, 0.2) is 24.3 Å². The summed E-state index contributed by atoms with van der Waals surface area (Å²) in [4.78, 5) is 0. The van der Waals surface area contributed by atoms with Crippen LogP contribution >= 0.6 is 0 Å². The zero-order valence-electron chi connectivity index (χ0n) is 11.6. The van der Waals surface area contributed by atoms with Gasteiger partial charge in [0.2, 0.25) is 0 Å². The first kappa shape index (κ1) is 13.1. The third-order valence-corrected chi connectivity index (χ3v) is 3.55. The molecule has 106 valence electrons. The van der Waals surface area contributed by atoms with Crippen molar-refractivity contribution in [1.29, 1.82) is 0 Å². The van der Waals surface area contributed by atoms with Crippen molar-refractivity contribution < 1.29 is 4.74 Å². The first-order valence-corrected chi connectivity index (χ1v) is 7.10. The van der Waals surface area contributed by atoms with E-state index in [2.05, 4.69) is 20.8 Å². The third-order valence-electron chi connectivity index (χ3n) is 3.55. The molecule has 1 aromatic carbocycles. The number of hydrogen-bond donors (Lipinski definition) is 1. The maximum Gasteiger partial charge on any atom is 0.182 e. The van der Waals surface area contributed by atoms with Gasteiger partial charge in [0.1, 0.15) is 5.75 Å². The molecule has 6 heteroatoms. The number of hydrogen-bond acceptors (Lipinski definition) is 5. The second kappa shape index (κ2) is 6.00. The third kappa shape index (κ3) is 2.65. The molecule has 0 bridgehead atoms. The Bertz CT molecular complexity index is 562. The fourth-order valence-corrected chi connectivity index (χ4v) is 2.57. The Morgan fingerprint density at radius 1 is 1.35 bits per heavy atom. The summed E-state index contributed by atoms with van der Waals surface area (Å²) in [6, 6.07) is 8.31. The molecule has 6 nitrogen and oxygen atoms in total. The standard InChI is InChI=1S/C14H19N5O/c1-2-20-13-5-3-4-11(10-13)14-16-17-18-19(14)12-6-8-15-9-7-12/h3-5,10,12,15H,2,6-9H2,1H3. The average molecular weight is 273 g/mol. The van der Waals surface area contributed by atoms with Crippen molar-refractivity contribution in [1.82, 2.24) is 25.5 Å². The Morgan fingerprint density at radius 3 is 3.00 bits per heavy atom. The quantitative estimate of drug-likeness (QED) is 0.918. The predicted molar refractivity (Wildman–Crippen MR) is 75.6 cm³/mol. The Labute approximate surface area is 118 Å². The van der Waals surface area contributed by atoms with Crippen LogP contribution in [0, 0.1) is 0 Å². The Balaban J connectivity index is 1.90. The number of tetrazole rings is 1. The molecule has 0 saturated carbocycles. The van der Waals surface area contributed by atoms with Crippen LogP contribution in [0.3, 0.4) is 0 Å². The highest BCUT2D eigenvalue weighted by molar-refractivity contribution is 5.57. The summed E-state index contributed by atoms with van der Waals surface area (Å²) in [5.74, 6) is 1.67. The van der Waals surface area contributed by atoms with Gasteiger partial charge in [-0.2, -0.15) is 0 Å². The van der Waals surface area contributed by atoms with Crippen LogP contribution in [-0.2, 0) is 0 Å². The van der Waals surface area contributed by atoms with E-state index in [0.29, 0.717) is 12.6 Å². The van der Waals surface area contributed by atoms with E-state index in [1.165, 1.54) is 0 Å². The number of nitrogens with one attached hydrogen (secondary N) is 1. The van der Waals surface area contributed by atoms with Crippen LogP contribution in [-0.4, -0.2) is 39.9 Å². The minimum Gasteiger partial charge on any atom is -0.494 e. The van der Waals surface area contributed by atoms with E-state index in [-0.39, 0.29) is 0 Å². The molecule has 3 rings (SSSR count). The summed E-state index contributed by atoms with van der Waals surface area (Å²) in [7, 11) is 0. The molecule has 0 amide bonds. The highest BCUT2D eigenvalue weighted by atomic mass is 16.5. The molecule has 1 saturated heterocycles. The van der Waals surface area contributed by atoms with Gasteiger partial charge >= 0.3 is 0 Å². The number of ether oxygens (including phenoxy) is 1. The molecule has 0 atom stereocenters. The monoisotopic (exact) mass is 273 g/mol. The second-order valence-corrected chi connectivity index (χ2v) is 4.89. The molecule has 1 N–H and O–H groups in total. The second-order valence-electron chi connectivity index (χ2n) is 4.89. The highest BCUT2D eigenvalue weighted by Crippen LogP contribution is 2.26. The van der Waals surface area contributed by atoms with Gasteiger partial charge in [0.25, 0.3) is 0 Å². The lowest BCUT2D eigenvalue weighted by atomic mass is 10.1. The normalized spacial score (nSPS) is 16.2. The first-order valence-electron chi connectivity index (χ1n) is 7.10. The van der Waals surface area contributed by atoms with E-state index >= 15 is 0 Å². The van der Waals surface area contributed by atoms with Crippen LogP contribution in [0.1, 0.15) is 25.8 Å². The molecular formula is C14H19N5O. The van der Waals surface area contributed by atoms with Crippen molar-refractivity contribution in [3.8, 4) is 17.1 Å². The van der Waals surface area contributed by atoms with Gasteiger partial charge < -0.3 is 10.1 Å². The summed E-state index contributed by atoms with van der Waals surface area (Å²) in [6.07, 6.45) is 2.12. The fourth-order valence-electron chi connectivity index (χ4n) is 2.57. The van der Waals surface area contributed by atoms with Crippen LogP contribution in [0.5, 0.6) is 5.75 Å². The topological polar surface area (TPSA) is 64.9 Å². The lowest BCUT2D eigenvalue weighted by Gasteiger charge is -2.23. The fraction of sp³-hybridized carbons (Fsp3) is 0.500. The zero-order chi connectivity index (χ0) is 13.8. The van der Waals surface area contributed by atoms with Gasteiger partial charge in [0, 0.05) is 5.56 Å². The molecule has 0 aliphatic carbocycles. The molecule has 1 fully saturated rings. The Hall–Kier alpha value is -1.95.